The third kappa shape index (κ3) is 1.99. The van der Waals surface area contributed by atoms with Crippen LogP contribution in [0.3, 0.4) is 0 Å². The number of hydrogen-bond acceptors (Lipinski definition) is 5. The van der Waals surface area contributed by atoms with Gasteiger partial charge in [-0.05, 0) is 30.9 Å². The van der Waals surface area contributed by atoms with Gasteiger partial charge in [-0.3, -0.25) is 0 Å². The van der Waals surface area contributed by atoms with Crippen LogP contribution in [0.1, 0.15) is 30.4 Å². The second-order valence-corrected chi connectivity index (χ2v) is 5.14. The fraction of sp³-hybridized carbons (Fsp3) is 0.533. The Labute approximate surface area is 117 Å². The molecule has 1 fully saturated rings. The van der Waals surface area contributed by atoms with Crippen LogP contribution in [0.25, 0.3) is 0 Å². The topological polar surface area (TPSA) is 57.1 Å². The lowest BCUT2D eigenvalue weighted by Crippen LogP contribution is -2.33. The van der Waals surface area contributed by atoms with Crippen molar-refractivity contribution in [2.24, 2.45) is 4.99 Å². The van der Waals surface area contributed by atoms with E-state index >= 15 is 0 Å². The van der Waals surface area contributed by atoms with Crippen molar-refractivity contribution >= 4 is 6.08 Å². The zero-order valence-corrected chi connectivity index (χ0v) is 11.5. The van der Waals surface area contributed by atoms with Gasteiger partial charge in [0.15, 0.2) is 11.5 Å². The van der Waals surface area contributed by atoms with E-state index in [9.17, 15) is 4.79 Å². The number of nitrogens with zero attached hydrogens (tertiary/aromatic N) is 1. The normalized spacial score (nSPS) is 18.9. The highest BCUT2D eigenvalue weighted by atomic mass is 16.6. The monoisotopic (exact) mass is 275 g/mol. The molecule has 3 rings (SSSR count). The molecule has 1 aromatic rings. The first-order valence-corrected chi connectivity index (χ1v) is 6.81. The zero-order valence-electron chi connectivity index (χ0n) is 11.5. The summed E-state index contributed by atoms with van der Waals surface area (Å²) in [5.41, 5.74) is 1.48. The van der Waals surface area contributed by atoms with Gasteiger partial charge in [0.25, 0.3) is 0 Å². The largest absolute Gasteiger partial charge is 0.486 e. The lowest BCUT2D eigenvalue weighted by molar-refractivity contribution is 0.148. The zero-order chi connectivity index (χ0) is 14.0. The van der Waals surface area contributed by atoms with Gasteiger partial charge in [0.1, 0.15) is 13.2 Å². The van der Waals surface area contributed by atoms with Gasteiger partial charge >= 0.3 is 0 Å². The second-order valence-electron chi connectivity index (χ2n) is 5.14. The van der Waals surface area contributed by atoms with Gasteiger partial charge < -0.3 is 14.2 Å². The summed E-state index contributed by atoms with van der Waals surface area (Å²) in [5.74, 6) is 1.46. The van der Waals surface area contributed by atoms with Crippen LogP contribution in [0, 0.1) is 0 Å². The van der Waals surface area contributed by atoms with Crippen LogP contribution in [0.2, 0.25) is 0 Å². The number of carbonyl (C=O) groups excluding carboxylic acids is 1. The molecule has 0 unspecified atom stereocenters. The summed E-state index contributed by atoms with van der Waals surface area (Å²) in [5, 5.41) is 0. The summed E-state index contributed by atoms with van der Waals surface area (Å²) < 4.78 is 16.6. The van der Waals surface area contributed by atoms with Crippen molar-refractivity contribution in [1.29, 1.82) is 0 Å². The maximum atomic E-state index is 10.8. The lowest BCUT2D eigenvalue weighted by Gasteiger charge is -2.39. The van der Waals surface area contributed by atoms with E-state index in [4.69, 9.17) is 14.2 Å². The van der Waals surface area contributed by atoms with E-state index < -0.39 is 5.54 Å². The number of benzene rings is 1. The Morgan fingerprint density at radius 3 is 2.80 bits per heavy atom. The maximum absolute atomic E-state index is 10.8. The van der Waals surface area contributed by atoms with Gasteiger partial charge in [-0.2, -0.15) is 4.99 Å². The summed E-state index contributed by atoms with van der Waals surface area (Å²) in [6.07, 6.45) is 4.50. The van der Waals surface area contributed by atoms with Gasteiger partial charge in [-0.15, -0.1) is 0 Å². The lowest BCUT2D eigenvalue weighted by atomic mass is 9.70. The van der Waals surface area contributed by atoms with E-state index in [1.54, 1.807) is 13.2 Å². The molecule has 0 atom stereocenters. The van der Waals surface area contributed by atoms with E-state index in [1.165, 1.54) is 0 Å². The molecule has 1 aliphatic heterocycles. The van der Waals surface area contributed by atoms with Crippen LogP contribution in [0.15, 0.2) is 17.1 Å². The van der Waals surface area contributed by atoms with Crippen molar-refractivity contribution in [3.8, 4) is 11.5 Å². The number of hydrogen-bond donors (Lipinski definition) is 0. The average Bonchev–Trinajstić information content (AvgIpc) is 2.44. The molecule has 1 aliphatic carbocycles. The number of aliphatic imine (C=N–C) groups is 1. The van der Waals surface area contributed by atoms with Crippen molar-refractivity contribution in [3.63, 3.8) is 0 Å². The fourth-order valence-corrected chi connectivity index (χ4v) is 2.94. The van der Waals surface area contributed by atoms with Crippen LogP contribution >= 0.6 is 0 Å². The van der Waals surface area contributed by atoms with Crippen molar-refractivity contribution in [2.75, 3.05) is 20.3 Å². The molecule has 0 radical (unpaired) electrons. The van der Waals surface area contributed by atoms with Crippen molar-refractivity contribution in [1.82, 2.24) is 0 Å². The molecular weight excluding hydrogens is 258 g/mol. The van der Waals surface area contributed by atoms with Crippen LogP contribution in [0.5, 0.6) is 11.5 Å². The molecule has 106 valence electrons. The summed E-state index contributed by atoms with van der Waals surface area (Å²) in [6.45, 7) is 1.49. The van der Waals surface area contributed by atoms with Gasteiger partial charge in [0.2, 0.25) is 6.08 Å². The van der Waals surface area contributed by atoms with Crippen LogP contribution in [-0.2, 0) is 21.7 Å². The van der Waals surface area contributed by atoms with Gasteiger partial charge in [-0.1, -0.05) is 6.07 Å². The Balaban J connectivity index is 2.12. The highest BCUT2D eigenvalue weighted by molar-refractivity contribution is 5.55. The Hall–Kier alpha value is -1.84. The number of fused-ring (bicyclic) bond motifs is 1. The molecule has 0 saturated heterocycles. The Bertz CT molecular complexity index is 559. The quantitative estimate of drug-likeness (QED) is 0.625. The highest BCUT2D eigenvalue weighted by Gasteiger charge is 2.41. The Morgan fingerprint density at radius 2 is 2.15 bits per heavy atom. The maximum Gasteiger partial charge on any atom is 0.235 e. The minimum absolute atomic E-state index is 0.415. The van der Waals surface area contributed by atoms with E-state index in [1.807, 2.05) is 12.1 Å². The van der Waals surface area contributed by atoms with E-state index in [-0.39, 0.29) is 0 Å². The standard InChI is InChI=1S/C15H17NO4/c1-18-9-11-12(15(16-10-17)5-2-6-15)3-4-13-14(11)20-8-7-19-13/h3-4H,2,5-9H2,1H3. The fourth-order valence-electron chi connectivity index (χ4n) is 2.94. The molecular formula is C15H17NO4. The molecule has 0 aromatic heterocycles. The molecule has 0 bridgehead atoms. The number of isocyanates is 1. The Kier molecular flexibility index (Phi) is 3.47. The molecule has 0 amide bonds. The summed E-state index contributed by atoms with van der Waals surface area (Å²) in [7, 11) is 1.64. The molecule has 0 spiro atoms. The Morgan fingerprint density at radius 1 is 1.35 bits per heavy atom. The van der Waals surface area contributed by atoms with E-state index in [0.717, 1.165) is 41.9 Å². The SMILES string of the molecule is COCc1c(C2(N=C=O)CCC2)ccc2c1OCCO2. The van der Waals surface area contributed by atoms with E-state index in [0.29, 0.717) is 19.8 Å². The molecule has 5 heteroatoms. The third-order valence-electron chi connectivity index (χ3n) is 4.04. The van der Waals surface area contributed by atoms with Crippen LogP contribution < -0.4 is 9.47 Å². The minimum Gasteiger partial charge on any atom is -0.486 e. The van der Waals surface area contributed by atoms with Gasteiger partial charge in [-0.25, -0.2) is 4.79 Å². The number of methoxy groups -OCH3 is 1. The first-order chi connectivity index (χ1) is 9.80. The molecule has 0 N–H and O–H groups in total. The van der Waals surface area contributed by atoms with Crippen molar-refractivity contribution in [2.45, 2.75) is 31.4 Å². The molecule has 1 heterocycles. The summed E-state index contributed by atoms with van der Waals surface area (Å²) in [6, 6.07) is 3.87. The van der Waals surface area contributed by atoms with E-state index in [2.05, 4.69) is 4.99 Å². The highest BCUT2D eigenvalue weighted by Crippen LogP contribution is 2.49. The molecule has 1 saturated carbocycles. The van der Waals surface area contributed by atoms with Gasteiger partial charge in [0, 0.05) is 12.7 Å². The summed E-state index contributed by atoms with van der Waals surface area (Å²) in [4.78, 5) is 14.8. The van der Waals surface area contributed by atoms with Crippen LogP contribution in [0.4, 0.5) is 0 Å². The average molecular weight is 275 g/mol. The first-order valence-electron chi connectivity index (χ1n) is 6.81. The number of rotatable bonds is 4. The predicted molar refractivity (Wildman–Crippen MR) is 71.8 cm³/mol. The van der Waals surface area contributed by atoms with Crippen molar-refractivity contribution in [3.05, 3.63) is 23.3 Å². The smallest absolute Gasteiger partial charge is 0.235 e. The first kappa shape index (κ1) is 13.2. The van der Waals surface area contributed by atoms with Crippen molar-refractivity contribution < 1.29 is 19.0 Å². The summed E-state index contributed by atoms with van der Waals surface area (Å²) >= 11 is 0. The predicted octanol–water partition coefficient (Wildman–Crippen LogP) is 2.32. The van der Waals surface area contributed by atoms with Gasteiger partial charge in [0.05, 0.1) is 12.1 Å². The number of ether oxygens (including phenoxy) is 3. The molecule has 2 aliphatic rings. The third-order valence-corrected chi connectivity index (χ3v) is 4.04. The molecule has 20 heavy (non-hydrogen) atoms. The second kappa shape index (κ2) is 5.27. The molecule has 1 aromatic carbocycles. The van der Waals surface area contributed by atoms with Crippen LogP contribution in [-0.4, -0.2) is 26.4 Å². The molecule has 5 nitrogen and oxygen atoms in total. The minimum atomic E-state index is -0.453.